The molecule has 1 amide bonds. The summed E-state index contributed by atoms with van der Waals surface area (Å²) >= 11 is 0. The van der Waals surface area contributed by atoms with Crippen molar-refractivity contribution >= 4 is 6.09 Å². The first kappa shape index (κ1) is 17.1. The molecule has 1 aliphatic rings. The monoisotopic (exact) mass is 361 g/mol. The molecule has 6 heteroatoms. The molecule has 3 aromatic rings. The first-order valence-corrected chi connectivity index (χ1v) is 8.69. The fourth-order valence-electron chi connectivity index (χ4n) is 3.25. The number of aromatic nitrogens is 1. The van der Waals surface area contributed by atoms with Crippen molar-refractivity contribution in [1.29, 1.82) is 0 Å². The molecule has 6 nitrogen and oxygen atoms in total. The fraction of sp³-hybridized carbons (Fsp3) is 0.143. The smallest absolute Gasteiger partial charge is 0.414 e. The zero-order valence-electron chi connectivity index (χ0n) is 14.6. The number of pyridine rings is 1. The Bertz CT molecular complexity index is 989. The lowest BCUT2D eigenvalue weighted by atomic mass is 9.94. The van der Waals surface area contributed by atoms with Gasteiger partial charge in [0, 0.05) is 17.2 Å². The van der Waals surface area contributed by atoms with Crippen LogP contribution in [0.2, 0.25) is 0 Å². The number of aromatic hydroxyl groups is 1. The van der Waals surface area contributed by atoms with E-state index in [1.54, 1.807) is 18.2 Å². The van der Waals surface area contributed by atoms with Gasteiger partial charge in [0.25, 0.3) is 0 Å². The molecule has 0 aliphatic carbocycles. The van der Waals surface area contributed by atoms with E-state index in [9.17, 15) is 9.90 Å². The Morgan fingerprint density at radius 3 is 2.67 bits per heavy atom. The Morgan fingerprint density at radius 2 is 1.89 bits per heavy atom. The Morgan fingerprint density at radius 1 is 1.15 bits per heavy atom. The molecular weight excluding hydrogens is 342 g/mol. The van der Waals surface area contributed by atoms with E-state index in [0.717, 1.165) is 16.7 Å². The fourth-order valence-corrected chi connectivity index (χ4v) is 3.25. The molecule has 1 unspecified atom stereocenters. The lowest BCUT2D eigenvalue weighted by molar-refractivity contribution is 0.192. The Hall–Kier alpha value is -3.38. The maximum atomic E-state index is 11.7. The number of phenols is 1. The number of phenolic OH excluding ortho intramolecular Hbond substituents is 1. The average Bonchev–Trinajstić information content (AvgIpc) is 2.68. The van der Waals surface area contributed by atoms with E-state index in [0.29, 0.717) is 24.2 Å². The van der Waals surface area contributed by atoms with Crippen molar-refractivity contribution < 1.29 is 14.6 Å². The molecule has 4 N–H and O–H groups in total. The maximum absolute atomic E-state index is 11.7. The van der Waals surface area contributed by atoms with E-state index < -0.39 is 6.09 Å². The van der Waals surface area contributed by atoms with E-state index in [4.69, 9.17) is 10.5 Å². The summed E-state index contributed by atoms with van der Waals surface area (Å²) in [5, 5.41) is 12.9. The summed E-state index contributed by atoms with van der Waals surface area (Å²) in [5.74, 6) is 0.339. The Labute approximate surface area is 156 Å². The molecule has 2 heterocycles. The van der Waals surface area contributed by atoms with Gasteiger partial charge in [-0.15, -0.1) is 0 Å². The van der Waals surface area contributed by atoms with Crippen molar-refractivity contribution in [2.75, 3.05) is 0 Å². The van der Waals surface area contributed by atoms with E-state index in [2.05, 4.69) is 10.3 Å². The molecule has 27 heavy (non-hydrogen) atoms. The number of carbonyl (C=O) groups excluding carboxylic acids is 1. The van der Waals surface area contributed by atoms with Gasteiger partial charge in [0.2, 0.25) is 5.88 Å². The SMILES string of the molecule is NC(Cc1ccccc1)c1cc(-c2ccccc2O)nc2c1CNC(=O)O2. The van der Waals surface area contributed by atoms with Crippen LogP contribution in [-0.4, -0.2) is 16.2 Å². The summed E-state index contributed by atoms with van der Waals surface area (Å²) in [7, 11) is 0. The zero-order chi connectivity index (χ0) is 18.8. The number of hydrogen-bond donors (Lipinski definition) is 3. The van der Waals surface area contributed by atoms with Crippen molar-refractivity contribution in [3.05, 3.63) is 77.4 Å². The normalized spacial score (nSPS) is 14.0. The summed E-state index contributed by atoms with van der Waals surface area (Å²) in [5.41, 5.74) is 10.3. The van der Waals surface area contributed by atoms with Gasteiger partial charge in [0.05, 0.1) is 12.2 Å². The van der Waals surface area contributed by atoms with Crippen LogP contribution in [0.25, 0.3) is 11.3 Å². The highest BCUT2D eigenvalue weighted by Gasteiger charge is 2.25. The second-order valence-electron chi connectivity index (χ2n) is 6.44. The van der Waals surface area contributed by atoms with Crippen LogP contribution in [0.15, 0.2) is 60.7 Å². The van der Waals surface area contributed by atoms with Crippen LogP contribution < -0.4 is 15.8 Å². The van der Waals surface area contributed by atoms with E-state index >= 15 is 0 Å². The second kappa shape index (κ2) is 7.09. The summed E-state index contributed by atoms with van der Waals surface area (Å²) in [6, 6.07) is 18.4. The number of rotatable bonds is 4. The van der Waals surface area contributed by atoms with Gasteiger partial charge in [-0.25, -0.2) is 9.78 Å². The first-order chi connectivity index (χ1) is 13.1. The highest BCUT2D eigenvalue weighted by molar-refractivity contribution is 5.75. The number of fused-ring (bicyclic) bond motifs is 1. The number of ether oxygens (including phenoxy) is 1. The van der Waals surface area contributed by atoms with Crippen molar-refractivity contribution in [2.45, 2.75) is 19.0 Å². The maximum Gasteiger partial charge on any atom is 0.414 e. The van der Waals surface area contributed by atoms with Gasteiger partial charge in [-0.3, -0.25) is 0 Å². The largest absolute Gasteiger partial charge is 0.507 e. The summed E-state index contributed by atoms with van der Waals surface area (Å²) in [4.78, 5) is 16.1. The van der Waals surface area contributed by atoms with E-state index in [1.165, 1.54) is 0 Å². The third-order valence-corrected chi connectivity index (χ3v) is 4.60. The van der Waals surface area contributed by atoms with Crippen LogP contribution in [0, 0.1) is 0 Å². The van der Waals surface area contributed by atoms with E-state index in [1.807, 2.05) is 42.5 Å². The third-order valence-electron chi connectivity index (χ3n) is 4.60. The van der Waals surface area contributed by atoms with Crippen molar-refractivity contribution in [3.8, 4) is 22.9 Å². The van der Waals surface area contributed by atoms with Gasteiger partial charge in [0.15, 0.2) is 0 Å². The Kier molecular flexibility index (Phi) is 4.48. The zero-order valence-corrected chi connectivity index (χ0v) is 14.6. The quantitative estimate of drug-likeness (QED) is 0.662. The standard InChI is InChI=1S/C21H19N3O3/c22-17(10-13-6-2-1-3-7-13)15-11-18(14-8-4-5-9-19(14)25)24-20-16(15)12-23-21(26)27-20/h1-9,11,17,25H,10,12,22H2,(H,23,26). The van der Waals surface area contributed by atoms with Crippen LogP contribution in [0.5, 0.6) is 11.6 Å². The Balaban J connectivity index is 1.79. The number of amides is 1. The predicted octanol–water partition coefficient (Wildman–Crippen LogP) is 3.30. The van der Waals surface area contributed by atoms with Gasteiger partial charge in [-0.05, 0) is 35.7 Å². The van der Waals surface area contributed by atoms with Crippen molar-refractivity contribution in [2.24, 2.45) is 5.73 Å². The lowest BCUT2D eigenvalue weighted by Gasteiger charge is -2.23. The average molecular weight is 361 g/mol. The number of carbonyl (C=O) groups is 1. The minimum atomic E-state index is -0.549. The van der Waals surface area contributed by atoms with Crippen LogP contribution in [0.3, 0.4) is 0 Å². The topological polar surface area (TPSA) is 97.5 Å². The molecule has 0 saturated carbocycles. The molecule has 0 radical (unpaired) electrons. The molecule has 0 spiro atoms. The summed E-state index contributed by atoms with van der Waals surface area (Å²) in [6.07, 6.45) is 0.0813. The third kappa shape index (κ3) is 3.47. The molecule has 1 aliphatic heterocycles. The van der Waals surface area contributed by atoms with Gasteiger partial charge in [0.1, 0.15) is 5.75 Å². The molecule has 0 fully saturated rings. The van der Waals surface area contributed by atoms with Gasteiger partial charge < -0.3 is 20.9 Å². The summed E-state index contributed by atoms with van der Waals surface area (Å²) < 4.78 is 5.28. The van der Waals surface area contributed by atoms with Crippen LogP contribution in [0.1, 0.15) is 22.7 Å². The molecule has 1 atom stereocenters. The number of nitrogens with one attached hydrogen (secondary N) is 1. The molecule has 4 rings (SSSR count). The van der Waals surface area contributed by atoms with Crippen LogP contribution in [0.4, 0.5) is 4.79 Å². The molecule has 0 saturated heterocycles. The van der Waals surface area contributed by atoms with Gasteiger partial charge >= 0.3 is 6.09 Å². The first-order valence-electron chi connectivity index (χ1n) is 8.69. The predicted molar refractivity (Wildman–Crippen MR) is 101 cm³/mol. The highest BCUT2D eigenvalue weighted by Crippen LogP contribution is 2.35. The lowest BCUT2D eigenvalue weighted by Crippen LogP contribution is -2.33. The minimum absolute atomic E-state index is 0.104. The van der Waals surface area contributed by atoms with Gasteiger partial charge in [-0.1, -0.05) is 42.5 Å². The molecular formula is C21H19N3O3. The second-order valence-corrected chi connectivity index (χ2v) is 6.44. The van der Waals surface area contributed by atoms with E-state index in [-0.39, 0.29) is 17.7 Å². The number of para-hydroxylation sites is 1. The number of nitrogens with zero attached hydrogens (tertiary/aromatic N) is 1. The van der Waals surface area contributed by atoms with Crippen LogP contribution in [-0.2, 0) is 13.0 Å². The molecule has 0 bridgehead atoms. The van der Waals surface area contributed by atoms with Gasteiger partial charge in [-0.2, -0.15) is 0 Å². The van der Waals surface area contributed by atoms with Crippen molar-refractivity contribution in [3.63, 3.8) is 0 Å². The number of nitrogens with two attached hydrogens (primary N) is 1. The molecule has 1 aromatic heterocycles. The molecule has 136 valence electrons. The highest BCUT2D eigenvalue weighted by atomic mass is 16.6. The number of hydrogen-bond acceptors (Lipinski definition) is 5. The van der Waals surface area contributed by atoms with Crippen LogP contribution >= 0.6 is 0 Å². The minimum Gasteiger partial charge on any atom is -0.507 e. The summed E-state index contributed by atoms with van der Waals surface area (Å²) in [6.45, 7) is 0.306. The number of benzene rings is 2. The van der Waals surface area contributed by atoms with Crippen molar-refractivity contribution in [1.82, 2.24) is 10.3 Å². The molecule has 2 aromatic carbocycles.